The normalized spacial score (nSPS) is 11.9. The van der Waals surface area contributed by atoms with Gasteiger partial charge in [-0.2, -0.15) is 0 Å². The third-order valence-corrected chi connectivity index (χ3v) is 3.80. The molecule has 106 valence electrons. The van der Waals surface area contributed by atoms with Crippen LogP contribution in [0.1, 0.15) is 12.5 Å². The minimum Gasteiger partial charge on any atom is -0.497 e. The van der Waals surface area contributed by atoms with Crippen LogP contribution in [0, 0.1) is 0 Å². The van der Waals surface area contributed by atoms with E-state index in [9.17, 15) is 4.79 Å². The standard InChI is InChI=1S/C14H21NO3S/c1-11(9-16)19-10-14(17)15-8-7-12-3-5-13(18-2)6-4-12/h3-6,11,16H,7-10H2,1-2H3,(H,15,17). The predicted molar refractivity (Wildman–Crippen MR) is 78.7 cm³/mol. The van der Waals surface area contributed by atoms with Crippen molar-refractivity contribution in [1.82, 2.24) is 5.32 Å². The number of aliphatic hydroxyl groups excluding tert-OH is 1. The fraction of sp³-hybridized carbons (Fsp3) is 0.500. The maximum absolute atomic E-state index is 11.5. The number of carbonyl (C=O) groups excluding carboxylic acids is 1. The highest BCUT2D eigenvalue weighted by atomic mass is 32.2. The molecule has 0 heterocycles. The molecular weight excluding hydrogens is 262 g/mol. The highest BCUT2D eigenvalue weighted by molar-refractivity contribution is 8.00. The van der Waals surface area contributed by atoms with E-state index in [1.165, 1.54) is 11.8 Å². The van der Waals surface area contributed by atoms with Gasteiger partial charge in [0.25, 0.3) is 0 Å². The van der Waals surface area contributed by atoms with Crippen molar-refractivity contribution in [3.05, 3.63) is 29.8 Å². The third kappa shape index (κ3) is 6.50. The maximum Gasteiger partial charge on any atom is 0.230 e. The molecule has 1 aromatic carbocycles. The second-order valence-electron chi connectivity index (χ2n) is 4.25. The zero-order valence-electron chi connectivity index (χ0n) is 11.4. The minimum absolute atomic E-state index is 0.0128. The number of carbonyl (C=O) groups is 1. The molecule has 1 aromatic rings. The van der Waals surface area contributed by atoms with Gasteiger partial charge in [0.2, 0.25) is 5.91 Å². The SMILES string of the molecule is COc1ccc(CCNC(=O)CSC(C)CO)cc1. The van der Waals surface area contributed by atoms with Crippen LogP contribution in [-0.4, -0.2) is 42.3 Å². The van der Waals surface area contributed by atoms with E-state index in [2.05, 4.69) is 5.32 Å². The number of rotatable bonds is 8. The molecule has 0 radical (unpaired) electrons. The molecule has 0 saturated carbocycles. The fourth-order valence-electron chi connectivity index (χ4n) is 1.46. The first-order chi connectivity index (χ1) is 9.15. The number of amides is 1. The lowest BCUT2D eigenvalue weighted by Gasteiger charge is -2.08. The molecule has 0 fully saturated rings. The summed E-state index contributed by atoms with van der Waals surface area (Å²) in [4.78, 5) is 11.5. The smallest absolute Gasteiger partial charge is 0.230 e. The quantitative estimate of drug-likeness (QED) is 0.758. The minimum atomic E-state index is 0.0128. The first kappa shape index (κ1) is 15.9. The van der Waals surface area contributed by atoms with Gasteiger partial charge in [-0.3, -0.25) is 4.79 Å². The zero-order valence-corrected chi connectivity index (χ0v) is 12.2. The van der Waals surface area contributed by atoms with E-state index >= 15 is 0 Å². The summed E-state index contributed by atoms with van der Waals surface area (Å²) in [5.41, 5.74) is 1.16. The van der Waals surface area contributed by atoms with Crippen LogP contribution < -0.4 is 10.1 Å². The summed E-state index contributed by atoms with van der Waals surface area (Å²) in [5.74, 6) is 1.24. The van der Waals surface area contributed by atoms with E-state index in [4.69, 9.17) is 9.84 Å². The average Bonchev–Trinajstić information content (AvgIpc) is 2.45. The van der Waals surface area contributed by atoms with Gasteiger partial charge in [-0.1, -0.05) is 19.1 Å². The first-order valence-corrected chi connectivity index (χ1v) is 7.32. The topological polar surface area (TPSA) is 58.6 Å². The van der Waals surface area contributed by atoms with Crippen LogP contribution >= 0.6 is 11.8 Å². The van der Waals surface area contributed by atoms with E-state index in [1.807, 2.05) is 31.2 Å². The number of ether oxygens (including phenoxy) is 1. The largest absolute Gasteiger partial charge is 0.497 e. The van der Waals surface area contributed by atoms with Crippen molar-refractivity contribution in [2.75, 3.05) is 26.0 Å². The molecule has 19 heavy (non-hydrogen) atoms. The number of hydrogen-bond donors (Lipinski definition) is 2. The molecule has 1 unspecified atom stereocenters. The summed E-state index contributed by atoms with van der Waals surface area (Å²) in [5, 5.41) is 11.8. The summed E-state index contributed by atoms with van der Waals surface area (Å²) < 4.78 is 5.08. The molecule has 0 bridgehead atoms. The number of methoxy groups -OCH3 is 1. The van der Waals surface area contributed by atoms with Gasteiger partial charge in [-0.05, 0) is 24.1 Å². The van der Waals surface area contributed by atoms with Crippen molar-refractivity contribution in [2.45, 2.75) is 18.6 Å². The molecule has 1 amide bonds. The molecule has 1 atom stereocenters. The van der Waals surface area contributed by atoms with Crippen LogP contribution in [0.2, 0.25) is 0 Å². The van der Waals surface area contributed by atoms with Gasteiger partial charge in [0.15, 0.2) is 0 Å². The van der Waals surface area contributed by atoms with Crippen molar-refractivity contribution >= 4 is 17.7 Å². The van der Waals surface area contributed by atoms with Crippen LogP contribution in [-0.2, 0) is 11.2 Å². The van der Waals surface area contributed by atoms with Crippen molar-refractivity contribution in [2.24, 2.45) is 0 Å². The number of nitrogens with one attached hydrogen (secondary N) is 1. The number of benzene rings is 1. The van der Waals surface area contributed by atoms with Gasteiger partial charge in [0.05, 0.1) is 19.5 Å². The van der Waals surface area contributed by atoms with E-state index in [-0.39, 0.29) is 17.8 Å². The molecule has 1 rings (SSSR count). The summed E-state index contributed by atoms with van der Waals surface area (Å²) in [6, 6.07) is 7.81. The highest BCUT2D eigenvalue weighted by Gasteiger charge is 2.05. The summed E-state index contributed by atoms with van der Waals surface area (Å²) in [6.45, 7) is 2.62. The summed E-state index contributed by atoms with van der Waals surface area (Å²) in [6.07, 6.45) is 0.802. The highest BCUT2D eigenvalue weighted by Crippen LogP contribution is 2.11. The second kappa shape index (κ2) is 8.82. The predicted octanol–water partition coefficient (Wildman–Crippen LogP) is 1.47. The third-order valence-electron chi connectivity index (χ3n) is 2.65. The molecule has 0 saturated heterocycles. The van der Waals surface area contributed by atoms with E-state index in [0.717, 1.165) is 17.7 Å². The Hall–Kier alpha value is -1.20. The van der Waals surface area contributed by atoms with Gasteiger partial charge in [-0.15, -0.1) is 11.8 Å². The van der Waals surface area contributed by atoms with Crippen LogP contribution in [0.5, 0.6) is 5.75 Å². The number of aliphatic hydroxyl groups is 1. The maximum atomic E-state index is 11.5. The summed E-state index contributed by atoms with van der Waals surface area (Å²) >= 11 is 1.46. The van der Waals surface area contributed by atoms with Crippen molar-refractivity contribution in [3.63, 3.8) is 0 Å². The Labute approximate surface area is 118 Å². The number of thioether (sulfide) groups is 1. The lowest BCUT2D eigenvalue weighted by Crippen LogP contribution is -2.28. The Bertz CT molecular complexity index is 381. The van der Waals surface area contributed by atoms with Gasteiger partial charge < -0.3 is 15.2 Å². The Morgan fingerprint density at radius 3 is 2.68 bits per heavy atom. The molecule has 4 nitrogen and oxygen atoms in total. The first-order valence-electron chi connectivity index (χ1n) is 6.27. The fourth-order valence-corrected chi connectivity index (χ4v) is 2.10. The zero-order chi connectivity index (χ0) is 14.1. The number of hydrogen-bond acceptors (Lipinski definition) is 4. The molecule has 2 N–H and O–H groups in total. The van der Waals surface area contributed by atoms with Crippen LogP contribution in [0.4, 0.5) is 0 Å². The Morgan fingerprint density at radius 2 is 2.11 bits per heavy atom. The molecule has 0 aliphatic rings. The lowest BCUT2D eigenvalue weighted by molar-refractivity contribution is -0.118. The Balaban J connectivity index is 2.20. The average molecular weight is 283 g/mol. The van der Waals surface area contributed by atoms with E-state index < -0.39 is 0 Å². The van der Waals surface area contributed by atoms with Gasteiger partial charge in [0, 0.05) is 11.8 Å². The monoisotopic (exact) mass is 283 g/mol. The molecule has 0 aliphatic heterocycles. The van der Waals surface area contributed by atoms with Crippen LogP contribution in [0.3, 0.4) is 0 Å². The van der Waals surface area contributed by atoms with Gasteiger partial charge in [-0.25, -0.2) is 0 Å². The van der Waals surface area contributed by atoms with E-state index in [0.29, 0.717) is 12.3 Å². The van der Waals surface area contributed by atoms with Gasteiger partial charge >= 0.3 is 0 Å². The van der Waals surface area contributed by atoms with Crippen molar-refractivity contribution < 1.29 is 14.6 Å². The Kier molecular flexibility index (Phi) is 7.36. The Morgan fingerprint density at radius 1 is 1.42 bits per heavy atom. The molecule has 5 heteroatoms. The van der Waals surface area contributed by atoms with Crippen LogP contribution in [0.25, 0.3) is 0 Å². The molecular formula is C14H21NO3S. The lowest BCUT2D eigenvalue weighted by atomic mass is 10.1. The molecule has 0 aliphatic carbocycles. The molecule has 0 spiro atoms. The van der Waals surface area contributed by atoms with Gasteiger partial charge in [0.1, 0.15) is 5.75 Å². The summed E-state index contributed by atoms with van der Waals surface area (Å²) in [7, 11) is 1.64. The van der Waals surface area contributed by atoms with Crippen molar-refractivity contribution in [1.29, 1.82) is 0 Å². The second-order valence-corrected chi connectivity index (χ2v) is 5.68. The van der Waals surface area contributed by atoms with E-state index in [1.54, 1.807) is 7.11 Å². The van der Waals surface area contributed by atoms with Crippen molar-refractivity contribution in [3.8, 4) is 5.75 Å². The molecule has 0 aromatic heterocycles. The van der Waals surface area contributed by atoms with Crippen LogP contribution in [0.15, 0.2) is 24.3 Å².